The number of aliphatic carboxylic acids is 1. The molecule has 0 spiro atoms. The molecule has 3 aromatic rings. The van der Waals surface area contributed by atoms with Gasteiger partial charge in [0, 0.05) is 18.4 Å². The molecule has 0 unspecified atom stereocenters. The van der Waals surface area contributed by atoms with E-state index in [4.69, 9.17) is 5.11 Å². The lowest BCUT2D eigenvalue weighted by Crippen LogP contribution is -2.19. The minimum absolute atomic E-state index is 0.0343. The fraction of sp³-hybridized carbons (Fsp3) is 0.308. The fourth-order valence-electron chi connectivity index (χ4n) is 4.03. The standard InChI is InChI=1S/C26H27F3N2O3/c1-17(2)24-20(12-14-31(24)13-6-9-18-7-4-3-5-8-18)25(34)30-22-15-19(16-23(32)33)10-11-21(22)26(27,28)29/h3-5,7-8,10-12,14-15,17H,6,9,13,16H2,1-2H3,(H,30,34)(H,32,33). The van der Waals surface area contributed by atoms with Gasteiger partial charge < -0.3 is 15.0 Å². The Balaban J connectivity index is 1.83. The van der Waals surface area contributed by atoms with Gasteiger partial charge in [0.2, 0.25) is 0 Å². The zero-order chi connectivity index (χ0) is 24.9. The predicted octanol–water partition coefficient (Wildman–Crippen LogP) is 6.14. The summed E-state index contributed by atoms with van der Waals surface area (Å²) in [5.41, 5.74) is 0.927. The first-order chi connectivity index (χ1) is 16.1. The van der Waals surface area contributed by atoms with Crippen LogP contribution in [0.2, 0.25) is 0 Å². The van der Waals surface area contributed by atoms with Crippen LogP contribution in [0.25, 0.3) is 0 Å². The molecule has 0 bridgehead atoms. The number of carboxylic acids is 1. The highest BCUT2D eigenvalue weighted by atomic mass is 19.4. The summed E-state index contributed by atoms with van der Waals surface area (Å²) in [6.07, 6.45) is -1.66. The molecule has 2 N–H and O–H groups in total. The van der Waals surface area contributed by atoms with Crippen LogP contribution in [-0.2, 0) is 30.4 Å². The molecule has 0 aliphatic carbocycles. The van der Waals surface area contributed by atoms with E-state index < -0.39 is 35.7 Å². The second kappa shape index (κ2) is 10.6. The Morgan fingerprint density at radius 2 is 1.74 bits per heavy atom. The van der Waals surface area contributed by atoms with Crippen LogP contribution in [-0.4, -0.2) is 21.6 Å². The molecule has 34 heavy (non-hydrogen) atoms. The van der Waals surface area contributed by atoms with E-state index in [1.165, 1.54) is 5.56 Å². The average Bonchev–Trinajstić information content (AvgIpc) is 3.18. The van der Waals surface area contributed by atoms with Gasteiger partial charge in [0.25, 0.3) is 5.91 Å². The highest BCUT2D eigenvalue weighted by molar-refractivity contribution is 6.05. The number of alkyl halides is 3. The molecule has 0 saturated carbocycles. The van der Waals surface area contributed by atoms with Crippen molar-refractivity contribution in [2.75, 3.05) is 5.32 Å². The topological polar surface area (TPSA) is 71.3 Å². The summed E-state index contributed by atoms with van der Waals surface area (Å²) in [5.74, 6) is -1.87. The van der Waals surface area contributed by atoms with Crippen molar-refractivity contribution in [3.8, 4) is 0 Å². The zero-order valence-corrected chi connectivity index (χ0v) is 19.0. The van der Waals surface area contributed by atoms with E-state index >= 15 is 0 Å². The van der Waals surface area contributed by atoms with E-state index in [2.05, 4.69) is 17.4 Å². The number of carbonyl (C=O) groups excluding carboxylic acids is 1. The second-order valence-corrected chi connectivity index (χ2v) is 8.45. The van der Waals surface area contributed by atoms with E-state index in [1.54, 1.807) is 12.3 Å². The molecule has 5 nitrogen and oxygen atoms in total. The maximum Gasteiger partial charge on any atom is 0.418 e. The molecule has 0 atom stereocenters. The van der Waals surface area contributed by atoms with Gasteiger partial charge >= 0.3 is 12.1 Å². The van der Waals surface area contributed by atoms with Crippen LogP contribution in [0.1, 0.15) is 58.9 Å². The Morgan fingerprint density at radius 1 is 1.03 bits per heavy atom. The summed E-state index contributed by atoms with van der Waals surface area (Å²) in [7, 11) is 0. The van der Waals surface area contributed by atoms with Crippen molar-refractivity contribution in [3.63, 3.8) is 0 Å². The van der Waals surface area contributed by atoms with E-state index in [0.717, 1.165) is 36.7 Å². The monoisotopic (exact) mass is 472 g/mol. The molecule has 0 aliphatic rings. The molecule has 180 valence electrons. The third-order valence-electron chi connectivity index (χ3n) is 5.50. The van der Waals surface area contributed by atoms with Crippen LogP contribution in [0.4, 0.5) is 18.9 Å². The number of nitrogens with zero attached hydrogens (tertiary/aromatic N) is 1. The number of rotatable bonds is 9. The van der Waals surface area contributed by atoms with Gasteiger partial charge in [-0.1, -0.05) is 50.2 Å². The van der Waals surface area contributed by atoms with Crippen molar-refractivity contribution in [1.29, 1.82) is 0 Å². The van der Waals surface area contributed by atoms with E-state index in [-0.39, 0.29) is 11.5 Å². The number of carboxylic acid groups (broad SMARTS) is 1. The number of carbonyl (C=O) groups is 2. The number of aryl methyl sites for hydroxylation is 2. The van der Waals surface area contributed by atoms with Crippen LogP contribution in [0.15, 0.2) is 60.8 Å². The lowest BCUT2D eigenvalue weighted by atomic mass is 10.0. The lowest BCUT2D eigenvalue weighted by molar-refractivity contribution is -0.137. The van der Waals surface area contributed by atoms with E-state index in [0.29, 0.717) is 12.1 Å². The van der Waals surface area contributed by atoms with E-state index in [9.17, 15) is 22.8 Å². The molecule has 0 fully saturated rings. The first-order valence-corrected chi connectivity index (χ1v) is 11.0. The average molecular weight is 473 g/mol. The summed E-state index contributed by atoms with van der Waals surface area (Å²) in [4.78, 5) is 24.0. The Morgan fingerprint density at radius 3 is 2.35 bits per heavy atom. The molecule has 0 saturated heterocycles. The van der Waals surface area contributed by atoms with Gasteiger partial charge in [-0.25, -0.2) is 0 Å². The van der Waals surface area contributed by atoms with Gasteiger partial charge in [-0.15, -0.1) is 0 Å². The quantitative estimate of drug-likeness (QED) is 0.393. The highest BCUT2D eigenvalue weighted by Crippen LogP contribution is 2.36. The van der Waals surface area contributed by atoms with Crippen molar-refractivity contribution < 1.29 is 27.9 Å². The minimum Gasteiger partial charge on any atom is -0.481 e. The number of nitrogens with one attached hydrogen (secondary N) is 1. The summed E-state index contributed by atoms with van der Waals surface area (Å²) in [6, 6.07) is 14.6. The molecule has 1 heterocycles. The molecular formula is C26H27F3N2O3. The van der Waals surface area contributed by atoms with Gasteiger partial charge in [-0.3, -0.25) is 9.59 Å². The first kappa shape index (κ1) is 25.1. The van der Waals surface area contributed by atoms with Crippen LogP contribution in [0, 0.1) is 0 Å². The predicted molar refractivity (Wildman–Crippen MR) is 124 cm³/mol. The minimum atomic E-state index is -4.70. The molecule has 3 rings (SSSR count). The Kier molecular flexibility index (Phi) is 7.81. The summed E-state index contributed by atoms with van der Waals surface area (Å²) in [6.45, 7) is 4.51. The van der Waals surface area contributed by atoms with Gasteiger partial charge in [-0.05, 0) is 48.1 Å². The van der Waals surface area contributed by atoms with Crippen molar-refractivity contribution in [3.05, 3.63) is 88.7 Å². The largest absolute Gasteiger partial charge is 0.481 e. The second-order valence-electron chi connectivity index (χ2n) is 8.45. The van der Waals surface area contributed by atoms with Gasteiger partial charge in [-0.2, -0.15) is 13.2 Å². The maximum absolute atomic E-state index is 13.5. The van der Waals surface area contributed by atoms with Crippen molar-refractivity contribution in [1.82, 2.24) is 4.57 Å². The number of amides is 1. The molecule has 0 radical (unpaired) electrons. The smallest absolute Gasteiger partial charge is 0.418 e. The summed E-state index contributed by atoms with van der Waals surface area (Å²) < 4.78 is 42.5. The number of aromatic nitrogens is 1. The summed E-state index contributed by atoms with van der Waals surface area (Å²) in [5, 5.41) is 11.4. The molecule has 1 amide bonds. The molecule has 0 aliphatic heterocycles. The Hall–Kier alpha value is -3.55. The number of anilines is 1. The van der Waals surface area contributed by atoms with E-state index in [1.807, 2.05) is 36.6 Å². The molecule has 2 aromatic carbocycles. The van der Waals surface area contributed by atoms with Crippen LogP contribution < -0.4 is 5.32 Å². The van der Waals surface area contributed by atoms with Crippen LogP contribution in [0.3, 0.4) is 0 Å². The van der Waals surface area contributed by atoms with Crippen molar-refractivity contribution in [2.45, 2.75) is 51.7 Å². The maximum atomic E-state index is 13.5. The first-order valence-electron chi connectivity index (χ1n) is 11.0. The SMILES string of the molecule is CC(C)c1c(C(=O)Nc2cc(CC(=O)O)ccc2C(F)(F)F)ccn1CCCc1ccccc1. The highest BCUT2D eigenvalue weighted by Gasteiger charge is 2.34. The van der Waals surface area contributed by atoms with Gasteiger partial charge in [0.15, 0.2) is 0 Å². The van der Waals surface area contributed by atoms with Crippen LogP contribution in [0.5, 0.6) is 0 Å². The Labute approximate surface area is 196 Å². The number of benzene rings is 2. The van der Waals surface area contributed by atoms with Crippen LogP contribution >= 0.6 is 0 Å². The molecule has 1 aromatic heterocycles. The fourth-order valence-corrected chi connectivity index (χ4v) is 4.03. The van der Waals surface area contributed by atoms with Crippen molar-refractivity contribution in [2.24, 2.45) is 0 Å². The molecule has 8 heteroatoms. The molecular weight excluding hydrogens is 445 g/mol. The van der Waals surface area contributed by atoms with Crippen molar-refractivity contribution >= 4 is 17.6 Å². The number of hydrogen-bond donors (Lipinski definition) is 2. The third-order valence-corrected chi connectivity index (χ3v) is 5.50. The third kappa shape index (κ3) is 6.27. The van der Waals surface area contributed by atoms with Gasteiger partial charge in [0.1, 0.15) is 0 Å². The van der Waals surface area contributed by atoms with Gasteiger partial charge in [0.05, 0.1) is 23.2 Å². The zero-order valence-electron chi connectivity index (χ0n) is 19.0. The lowest BCUT2D eigenvalue weighted by Gasteiger charge is -2.17. The number of hydrogen-bond acceptors (Lipinski definition) is 2. The Bertz CT molecular complexity index is 1150. The summed E-state index contributed by atoms with van der Waals surface area (Å²) >= 11 is 0. The normalized spacial score (nSPS) is 11.6. The number of halogens is 3.